The molecule has 0 radical (unpaired) electrons. The predicted octanol–water partition coefficient (Wildman–Crippen LogP) is 0.325. The van der Waals surface area contributed by atoms with Gasteiger partial charge in [-0.1, -0.05) is 11.8 Å². The summed E-state index contributed by atoms with van der Waals surface area (Å²) in [5.41, 5.74) is 0. The number of nitrogens with zero attached hydrogens (tertiary/aromatic N) is 2. The standard InChI is InChI=1S/C13H20N2O4/c1-4-18-13(17)19-11-7-10-15(12(11)16)9-6-5-8-14(2)3/h11H,4,7-10H2,1-3H3/t11-/m1/s1. The van der Waals surface area contributed by atoms with E-state index in [2.05, 4.69) is 16.6 Å². The minimum Gasteiger partial charge on any atom is -0.435 e. The van der Waals surface area contributed by atoms with Crippen molar-refractivity contribution >= 4 is 12.1 Å². The van der Waals surface area contributed by atoms with Crippen LogP contribution >= 0.6 is 0 Å². The van der Waals surface area contributed by atoms with Crippen molar-refractivity contribution in [3.05, 3.63) is 0 Å². The third-order valence-electron chi connectivity index (χ3n) is 2.54. The summed E-state index contributed by atoms with van der Waals surface area (Å²) in [6.45, 7) is 3.50. The maximum Gasteiger partial charge on any atom is 0.509 e. The highest BCUT2D eigenvalue weighted by Gasteiger charge is 2.34. The molecule has 0 saturated carbocycles. The van der Waals surface area contributed by atoms with E-state index in [1.165, 1.54) is 0 Å². The van der Waals surface area contributed by atoms with Gasteiger partial charge in [-0.15, -0.1) is 0 Å². The molecule has 6 nitrogen and oxygen atoms in total. The largest absolute Gasteiger partial charge is 0.509 e. The zero-order chi connectivity index (χ0) is 14.3. The lowest BCUT2D eigenvalue weighted by Crippen LogP contribution is -2.32. The maximum atomic E-state index is 11.9. The second-order valence-corrected chi connectivity index (χ2v) is 4.43. The van der Waals surface area contributed by atoms with Gasteiger partial charge in [-0.05, 0) is 21.0 Å². The van der Waals surface area contributed by atoms with E-state index in [9.17, 15) is 9.59 Å². The molecule has 1 fully saturated rings. The number of carbonyl (C=O) groups is 2. The molecule has 1 saturated heterocycles. The first-order valence-electron chi connectivity index (χ1n) is 6.27. The van der Waals surface area contributed by atoms with Crippen molar-refractivity contribution in [1.29, 1.82) is 0 Å². The van der Waals surface area contributed by atoms with Gasteiger partial charge < -0.3 is 14.4 Å². The van der Waals surface area contributed by atoms with E-state index >= 15 is 0 Å². The van der Waals surface area contributed by atoms with Crippen molar-refractivity contribution < 1.29 is 19.1 Å². The fourth-order valence-corrected chi connectivity index (χ4v) is 1.61. The quantitative estimate of drug-likeness (QED) is 0.543. The van der Waals surface area contributed by atoms with Crippen LogP contribution in [0.15, 0.2) is 0 Å². The van der Waals surface area contributed by atoms with Gasteiger partial charge in [0.15, 0.2) is 6.10 Å². The lowest BCUT2D eigenvalue weighted by molar-refractivity contribution is -0.135. The molecule has 106 valence electrons. The molecule has 1 aliphatic rings. The first kappa shape index (κ1) is 15.3. The summed E-state index contributed by atoms with van der Waals surface area (Å²) < 4.78 is 9.58. The Bertz CT molecular complexity index is 384. The van der Waals surface area contributed by atoms with Gasteiger partial charge in [-0.2, -0.15) is 0 Å². The Morgan fingerprint density at radius 2 is 2.21 bits per heavy atom. The molecule has 0 N–H and O–H groups in total. The van der Waals surface area contributed by atoms with Crippen molar-refractivity contribution in [1.82, 2.24) is 9.80 Å². The highest BCUT2D eigenvalue weighted by molar-refractivity contribution is 5.85. The lowest BCUT2D eigenvalue weighted by atomic mass is 10.3. The Balaban J connectivity index is 2.38. The second-order valence-electron chi connectivity index (χ2n) is 4.43. The molecule has 0 aliphatic carbocycles. The molecule has 0 bridgehead atoms. The smallest absolute Gasteiger partial charge is 0.435 e. The summed E-state index contributed by atoms with van der Waals surface area (Å²) in [7, 11) is 3.86. The molecule has 0 unspecified atom stereocenters. The summed E-state index contributed by atoms with van der Waals surface area (Å²) in [5, 5.41) is 0. The van der Waals surface area contributed by atoms with Crippen molar-refractivity contribution in [2.45, 2.75) is 19.4 Å². The molecular weight excluding hydrogens is 248 g/mol. The fraction of sp³-hybridized carbons (Fsp3) is 0.692. The average Bonchev–Trinajstić information content (AvgIpc) is 2.67. The molecule has 1 aliphatic heterocycles. The number of rotatable bonds is 4. The van der Waals surface area contributed by atoms with Crippen molar-refractivity contribution in [3.63, 3.8) is 0 Å². The minimum atomic E-state index is -0.790. The van der Waals surface area contributed by atoms with Gasteiger partial charge in [-0.25, -0.2) is 4.79 Å². The molecule has 0 aromatic carbocycles. The van der Waals surface area contributed by atoms with Crippen molar-refractivity contribution in [2.24, 2.45) is 0 Å². The van der Waals surface area contributed by atoms with Crippen LogP contribution in [0.25, 0.3) is 0 Å². The van der Waals surface area contributed by atoms with Crippen LogP contribution in [-0.4, -0.2) is 68.3 Å². The van der Waals surface area contributed by atoms with E-state index in [0.29, 0.717) is 26.1 Å². The summed E-state index contributed by atoms with van der Waals surface area (Å²) in [4.78, 5) is 26.6. The van der Waals surface area contributed by atoms with Crippen molar-refractivity contribution in [3.8, 4) is 11.8 Å². The molecule has 1 atom stereocenters. The lowest BCUT2D eigenvalue weighted by Gasteiger charge is -2.13. The Labute approximate surface area is 113 Å². The predicted molar refractivity (Wildman–Crippen MR) is 69.4 cm³/mol. The second kappa shape index (κ2) is 7.64. The van der Waals surface area contributed by atoms with E-state index in [-0.39, 0.29) is 12.5 Å². The molecular formula is C13H20N2O4. The number of hydrogen-bond donors (Lipinski definition) is 0. The minimum absolute atomic E-state index is 0.202. The molecule has 1 amide bonds. The number of carbonyl (C=O) groups excluding carboxylic acids is 2. The molecule has 19 heavy (non-hydrogen) atoms. The van der Waals surface area contributed by atoms with Crippen LogP contribution in [0.5, 0.6) is 0 Å². The first-order chi connectivity index (χ1) is 9.04. The van der Waals surface area contributed by atoms with Crippen LogP contribution in [0.2, 0.25) is 0 Å². The van der Waals surface area contributed by atoms with Crippen LogP contribution in [0.1, 0.15) is 13.3 Å². The van der Waals surface area contributed by atoms with Gasteiger partial charge in [-0.3, -0.25) is 9.69 Å². The highest BCUT2D eigenvalue weighted by atomic mass is 16.7. The normalized spacial score (nSPS) is 18.2. The summed E-state index contributed by atoms with van der Waals surface area (Å²) in [6.07, 6.45) is -1.02. The first-order valence-corrected chi connectivity index (χ1v) is 6.27. The van der Waals surface area contributed by atoms with Crippen LogP contribution in [-0.2, 0) is 14.3 Å². The van der Waals surface area contributed by atoms with Crippen LogP contribution < -0.4 is 0 Å². The van der Waals surface area contributed by atoms with Gasteiger partial charge in [0.2, 0.25) is 0 Å². The number of amides is 1. The zero-order valence-corrected chi connectivity index (χ0v) is 11.6. The Morgan fingerprint density at radius 3 is 2.84 bits per heavy atom. The van der Waals surface area contributed by atoms with E-state index in [1.807, 2.05) is 19.0 Å². The monoisotopic (exact) mass is 268 g/mol. The van der Waals surface area contributed by atoms with Crippen LogP contribution in [0, 0.1) is 11.8 Å². The topological polar surface area (TPSA) is 59.1 Å². The molecule has 1 heterocycles. The molecule has 6 heteroatoms. The van der Waals surface area contributed by atoms with Gasteiger partial charge in [0.25, 0.3) is 5.91 Å². The van der Waals surface area contributed by atoms with E-state index < -0.39 is 12.3 Å². The Morgan fingerprint density at radius 1 is 1.47 bits per heavy atom. The van der Waals surface area contributed by atoms with E-state index in [4.69, 9.17) is 4.74 Å². The Hall–Kier alpha value is -1.74. The van der Waals surface area contributed by atoms with Crippen molar-refractivity contribution in [2.75, 3.05) is 40.3 Å². The van der Waals surface area contributed by atoms with Crippen LogP contribution in [0.4, 0.5) is 4.79 Å². The SMILES string of the molecule is CCOC(=O)O[C@@H]1CCN(CC#CCN(C)C)C1=O. The molecule has 1 rings (SSSR count). The number of likely N-dealkylation sites (tertiary alicyclic amines) is 1. The Kier molecular flexibility index (Phi) is 6.16. The van der Waals surface area contributed by atoms with E-state index in [0.717, 1.165) is 0 Å². The maximum absolute atomic E-state index is 11.9. The van der Waals surface area contributed by atoms with Gasteiger partial charge >= 0.3 is 6.16 Å². The van der Waals surface area contributed by atoms with Gasteiger partial charge in [0, 0.05) is 13.0 Å². The molecule has 0 aromatic rings. The number of hydrogen-bond acceptors (Lipinski definition) is 5. The fourth-order valence-electron chi connectivity index (χ4n) is 1.61. The van der Waals surface area contributed by atoms with Crippen LogP contribution in [0.3, 0.4) is 0 Å². The third kappa shape index (κ3) is 5.18. The summed E-state index contributed by atoms with van der Waals surface area (Å²) in [6, 6.07) is 0. The van der Waals surface area contributed by atoms with Gasteiger partial charge in [0.1, 0.15) is 0 Å². The summed E-state index contributed by atoms with van der Waals surface area (Å²) in [5.74, 6) is 5.69. The van der Waals surface area contributed by atoms with Gasteiger partial charge in [0.05, 0.1) is 19.7 Å². The van der Waals surface area contributed by atoms with E-state index in [1.54, 1.807) is 11.8 Å². The zero-order valence-electron chi connectivity index (χ0n) is 11.6. The molecule has 0 spiro atoms. The highest BCUT2D eigenvalue weighted by Crippen LogP contribution is 2.14. The number of ether oxygens (including phenoxy) is 2. The molecule has 0 aromatic heterocycles. The average molecular weight is 268 g/mol. The third-order valence-corrected chi connectivity index (χ3v) is 2.54. The summed E-state index contributed by atoms with van der Waals surface area (Å²) >= 11 is 0.